The molecular weight excluding hydrogens is 222 g/mol. The topological polar surface area (TPSA) is 23.5 Å². The molecule has 2 heteroatoms. The Morgan fingerprint density at radius 3 is 2.44 bits per heavy atom. The highest BCUT2D eigenvalue weighted by Gasteiger charge is 2.40. The highest BCUT2D eigenvalue weighted by Crippen LogP contribution is 2.50. The lowest BCUT2D eigenvalue weighted by atomic mass is 10.1. The van der Waals surface area contributed by atoms with E-state index in [1.165, 1.54) is 38.9 Å². The molecule has 1 N–H and O–H groups in total. The molecule has 2 rings (SSSR count). The molecule has 100 valence electrons. The van der Waals surface area contributed by atoms with Gasteiger partial charge in [-0.05, 0) is 55.8 Å². The molecule has 0 aliphatic heterocycles. The summed E-state index contributed by atoms with van der Waals surface area (Å²) >= 11 is 0. The zero-order valence-corrected chi connectivity index (χ0v) is 11.6. The van der Waals surface area contributed by atoms with E-state index in [9.17, 15) is 5.11 Å². The Balaban J connectivity index is 1.89. The molecule has 18 heavy (non-hydrogen) atoms. The lowest BCUT2D eigenvalue weighted by Crippen LogP contribution is -2.28. The molecule has 0 saturated heterocycles. The van der Waals surface area contributed by atoms with Gasteiger partial charge in [0.1, 0.15) is 5.75 Å². The third-order valence-corrected chi connectivity index (χ3v) is 3.83. The first-order valence-electron chi connectivity index (χ1n) is 7.26. The Morgan fingerprint density at radius 1 is 1.17 bits per heavy atom. The van der Waals surface area contributed by atoms with E-state index in [-0.39, 0.29) is 0 Å². The summed E-state index contributed by atoms with van der Waals surface area (Å²) in [5, 5.41) is 9.87. The van der Waals surface area contributed by atoms with E-state index in [0.717, 1.165) is 11.5 Å². The fourth-order valence-electron chi connectivity index (χ4n) is 2.89. The van der Waals surface area contributed by atoms with E-state index in [1.54, 1.807) is 6.07 Å². The Hall–Kier alpha value is -1.02. The van der Waals surface area contributed by atoms with E-state index in [2.05, 4.69) is 24.8 Å². The van der Waals surface area contributed by atoms with Crippen molar-refractivity contribution in [3.8, 4) is 5.75 Å². The van der Waals surface area contributed by atoms with E-state index >= 15 is 0 Å². The van der Waals surface area contributed by atoms with Crippen molar-refractivity contribution in [1.82, 2.24) is 4.90 Å². The normalized spacial score (nSPS) is 22.4. The van der Waals surface area contributed by atoms with Gasteiger partial charge in [-0.3, -0.25) is 0 Å². The quantitative estimate of drug-likeness (QED) is 0.795. The average molecular weight is 247 g/mol. The molecule has 2 atom stereocenters. The first-order chi connectivity index (χ1) is 8.76. The summed E-state index contributed by atoms with van der Waals surface area (Å²) in [5.74, 6) is 1.81. The fourth-order valence-corrected chi connectivity index (χ4v) is 2.89. The summed E-state index contributed by atoms with van der Waals surface area (Å²) in [7, 11) is 0. The molecule has 1 aromatic rings. The van der Waals surface area contributed by atoms with Crippen LogP contribution in [0.2, 0.25) is 0 Å². The van der Waals surface area contributed by atoms with Gasteiger partial charge in [-0.15, -0.1) is 0 Å². The number of hydrogen-bond acceptors (Lipinski definition) is 2. The Kier molecular flexibility index (Phi) is 4.65. The maximum Gasteiger partial charge on any atom is 0.119 e. The second-order valence-corrected chi connectivity index (χ2v) is 5.46. The second kappa shape index (κ2) is 6.24. The summed E-state index contributed by atoms with van der Waals surface area (Å²) in [6.45, 7) is 8.10. The second-order valence-electron chi connectivity index (χ2n) is 5.46. The standard InChI is InChI=1S/C16H25NO/c1-3-9-17(10-4-2)12-13-11-15(13)14-7-5-6-8-16(14)18/h5-8,13,15,18H,3-4,9-12H2,1-2H3/t13-,15-/m0/s1. The predicted octanol–water partition coefficient (Wildman–Crippen LogP) is 3.62. The van der Waals surface area contributed by atoms with Crippen LogP contribution in [0.3, 0.4) is 0 Å². The molecule has 1 aliphatic rings. The number of nitrogens with zero attached hydrogens (tertiary/aromatic N) is 1. The number of para-hydroxylation sites is 1. The van der Waals surface area contributed by atoms with Crippen LogP contribution < -0.4 is 0 Å². The van der Waals surface area contributed by atoms with Crippen LogP contribution in [0.15, 0.2) is 24.3 Å². The molecule has 0 spiro atoms. The van der Waals surface area contributed by atoms with Gasteiger partial charge in [0.15, 0.2) is 0 Å². The number of aromatic hydroxyl groups is 1. The summed E-state index contributed by atoms with van der Waals surface area (Å²) in [6.07, 6.45) is 3.70. The monoisotopic (exact) mass is 247 g/mol. The van der Waals surface area contributed by atoms with Crippen molar-refractivity contribution in [1.29, 1.82) is 0 Å². The smallest absolute Gasteiger partial charge is 0.119 e. The summed E-state index contributed by atoms with van der Waals surface area (Å²) < 4.78 is 0. The Bertz CT molecular complexity index is 371. The van der Waals surface area contributed by atoms with Crippen LogP contribution >= 0.6 is 0 Å². The predicted molar refractivity (Wildman–Crippen MR) is 76.0 cm³/mol. The van der Waals surface area contributed by atoms with Crippen LogP contribution in [0.5, 0.6) is 5.75 Å². The van der Waals surface area contributed by atoms with E-state index in [4.69, 9.17) is 0 Å². The zero-order chi connectivity index (χ0) is 13.0. The molecule has 1 fully saturated rings. The molecule has 0 amide bonds. The molecule has 1 aliphatic carbocycles. The molecule has 0 heterocycles. The van der Waals surface area contributed by atoms with Crippen molar-refractivity contribution in [2.24, 2.45) is 5.92 Å². The molecule has 1 saturated carbocycles. The third kappa shape index (κ3) is 3.26. The molecule has 2 nitrogen and oxygen atoms in total. The minimum absolute atomic E-state index is 0.475. The van der Waals surface area contributed by atoms with Gasteiger partial charge in [-0.2, -0.15) is 0 Å². The maximum atomic E-state index is 9.87. The highest BCUT2D eigenvalue weighted by atomic mass is 16.3. The minimum atomic E-state index is 0.475. The van der Waals surface area contributed by atoms with Gasteiger partial charge in [0, 0.05) is 6.54 Å². The molecule has 1 aromatic carbocycles. The summed E-state index contributed by atoms with van der Waals surface area (Å²) in [4.78, 5) is 2.57. The van der Waals surface area contributed by atoms with Crippen LogP contribution in [-0.2, 0) is 0 Å². The number of hydrogen-bond donors (Lipinski definition) is 1. The van der Waals surface area contributed by atoms with Crippen LogP contribution in [0.25, 0.3) is 0 Å². The lowest BCUT2D eigenvalue weighted by Gasteiger charge is -2.20. The molecule has 0 aromatic heterocycles. The fraction of sp³-hybridized carbons (Fsp3) is 0.625. The van der Waals surface area contributed by atoms with E-state index in [0.29, 0.717) is 11.7 Å². The first kappa shape index (κ1) is 13.4. The number of phenolic OH excluding ortho intramolecular Hbond substituents is 1. The van der Waals surface area contributed by atoms with Crippen molar-refractivity contribution in [2.75, 3.05) is 19.6 Å². The van der Waals surface area contributed by atoms with Gasteiger partial charge >= 0.3 is 0 Å². The van der Waals surface area contributed by atoms with Gasteiger partial charge in [-0.1, -0.05) is 32.0 Å². The molecule has 0 unspecified atom stereocenters. The summed E-state index contributed by atoms with van der Waals surface area (Å²) in [6, 6.07) is 7.81. The van der Waals surface area contributed by atoms with Gasteiger partial charge in [-0.25, -0.2) is 0 Å². The number of benzene rings is 1. The van der Waals surface area contributed by atoms with Crippen LogP contribution in [0.1, 0.15) is 44.6 Å². The van der Waals surface area contributed by atoms with Crippen molar-refractivity contribution in [2.45, 2.75) is 39.0 Å². The van der Waals surface area contributed by atoms with Crippen molar-refractivity contribution in [3.63, 3.8) is 0 Å². The Morgan fingerprint density at radius 2 is 1.83 bits per heavy atom. The van der Waals surface area contributed by atoms with Crippen molar-refractivity contribution < 1.29 is 5.11 Å². The highest BCUT2D eigenvalue weighted by molar-refractivity contribution is 5.38. The maximum absolute atomic E-state index is 9.87. The van der Waals surface area contributed by atoms with Crippen LogP contribution in [-0.4, -0.2) is 29.6 Å². The first-order valence-corrected chi connectivity index (χ1v) is 7.26. The van der Waals surface area contributed by atoms with Gasteiger partial charge in [0.2, 0.25) is 0 Å². The van der Waals surface area contributed by atoms with Crippen LogP contribution in [0.4, 0.5) is 0 Å². The van der Waals surface area contributed by atoms with Crippen molar-refractivity contribution in [3.05, 3.63) is 29.8 Å². The Labute approximate surface area is 111 Å². The van der Waals surface area contributed by atoms with Crippen LogP contribution in [0, 0.1) is 5.92 Å². The third-order valence-electron chi connectivity index (χ3n) is 3.83. The van der Waals surface area contributed by atoms with Gasteiger partial charge < -0.3 is 10.0 Å². The minimum Gasteiger partial charge on any atom is -0.508 e. The molecule has 0 bridgehead atoms. The molecular formula is C16H25NO. The average Bonchev–Trinajstić information content (AvgIpc) is 3.09. The van der Waals surface area contributed by atoms with Gasteiger partial charge in [0.05, 0.1) is 0 Å². The van der Waals surface area contributed by atoms with E-state index in [1.807, 2.05) is 12.1 Å². The van der Waals surface area contributed by atoms with Crippen molar-refractivity contribution >= 4 is 0 Å². The van der Waals surface area contributed by atoms with Gasteiger partial charge in [0.25, 0.3) is 0 Å². The summed E-state index contributed by atoms with van der Waals surface area (Å²) in [5.41, 5.74) is 1.15. The lowest BCUT2D eigenvalue weighted by molar-refractivity contribution is 0.262. The zero-order valence-electron chi connectivity index (χ0n) is 11.6. The number of rotatable bonds is 7. The number of phenols is 1. The SMILES string of the molecule is CCCN(CCC)C[C@@H]1C[C@@H]1c1ccccc1O. The molecule has 0 radical (unpaired) electrons. The largest absolute Gasteiger partial charge is 0.508 e. The van der Waals surface area contributed by atoms with E-state index < -0.39 is 0 Å².